The number of hydrogen-bond acceptors (Lipinski definition) is 4. The van der Waals surface area contributed by atoms with E-state index in [-0.39, 0.29) is 5.91 Å². The summed E-state index contributed by atoms with van der Waals surface area (Å²) < 4.78 is 4.22. The van der Waals surface area contributed by atoms with Crippen LogP contribution in [0.3, 0.4) is 0 Å². The van der Waals surface area contributed by atoms with Crippen LogP contribution in [0, 0.1) is 0 Å². The van der Waals surface area contributed by atoms with E-state index in [1.165, 1.54) is 0 Å². The highest BCUT2D eigenvalue weighted by Gasteiger charge is 2.13. The van der Waals surface area contributed by atoms with E-state index in [2.05, 4.69) is 62.7 Å². The van der Waals surface area contributed by atoms with Crippen LogP contribution in [-0.2, 0) is 0 Å². The van der Waals surface area contributed by atoms with Crippen molar-refractivity contribution >= 4 is 48.4 Å². The van der Waals surface area contributed by atoms with Gasteiger partial charge in [-0.25, -0.2) is 4.98 Å². The molecule has 0 aliphatic heterocycles. The molecule has 4 rings (SSSR count). The maximum Gasteiger partial charge on any atom is 0.251 e. The normalized spacial score (nSPS) is 11.6. The van der Waals surface area contributed by atoms with Gasteiger partial charge in [-0.1, -0.05) is 53.2 Å². The number of hydrogen-bond donors (Lipinski definition) is 1. The fraction of sp³-hybridized carbons (Fsp3) is 0.304. The fourth-order valence-corrected chi connectivity index (χ4v) is 4.86. The van der Waals surface area contributed by atoms with Gasteiger partial charge in [0, 0.05) is 28.3 Å². The van der Waals surface area contributed by atoms with Gasteiger partial charge in [0.2, 0.25) is 0 Å². The second-order valence-electron chi connectivity index (χ2n) is 7.21. The molecule has 0 saturated heterocycles. The van der Waals surface area contributed by atoms with Crippen LogP contribution in [0.25, 0.3) is 26.4 Å². The third-order valence-electron chi connectivity index (χ3n) is 5.33. The quantitative estimate of drug-likeness (QED) is 0.338. The van der Waals surface area contributed by atoms with Crippen molar-refractivity contribution in [2.45, 2.75) is 20.3 Å². The molecule has 0 aliphatic rings. The Morgan fingerprint density at radius 3 is 2.67 bits per heavy atom. The van der Waals surface area contributed by atoms with Gasteiger partial charge in [-0.15, -0.1) is 0 Å². The number of carbonyl (C=O) groups excluding carboxylic acids is 1. The lowest BCUT2D eigenvalue weighted by Gasteiger charge is -2.17. The summed E-state index contributed by atoms with van der Waals surface area (Å²) in [6, 6.07) is 14.0. The minimum absolute atomic E-state index is 0.0157. The number of amides is 1. The molecule has 0 saturated carbocycles. The lowest BCUT2D eigenvalue weighted by Crippen LogP contribution is -2.29. The van der Waals surface area contributed by atoms with Crippen LogP contribution in [0.5, 0.6) is 0 Å². The number of nitrogens with one attached hydrogen (secondary N) is 1. The SMILES string of the molecule is CCN(CC)CCCNC(=O)c1ccc2c(c1)sc1nc(-c3ccc(Br)cc3)cn12. The van der Waals surface area contributed by atoms with Gasteiger partial charge in [-0.05, 0) is 56.4 Å². The number of benzene rings is 2. The molecule has 1 amide bonds. The van der Waals surface area contributed by atoms with Crippen molar-refractivity contribution < 1.29 is 4.79 Å². The molecule has 0 bridgehead atoms. The van der Waals surface area contributed by atoms with Gasteiger partial charge in [0.05, 0.1) is 15.9 Å². The van der Waals surface area contributed by atoms with E-state index in [1.54, 1.807) is 11.3 Å². The number of nitrogens with zero attached hydrogens (tertiary/aromatic N) is 3. The summed E-state index contributed by atoms with van der Waals surface area (Å²) in [6.07, 6.45) is 3.02. The topological polar surface area (TPSA) is 49.6 Å². The van der Waals surface area contributed by atoms with E-state index < -0.39 is 0 Å². The van der Waals surface area contributed by atoms with E-state index in [9.17, 15) is 4.79 Å². The third kappa shape index (κ3) is 4.43. The number of thiazole rings is 1. The molecular weight excluding hydrogens is 460 g/mol. The predicted octanol–water partition coefficient (Wildman–Crippen LogP) is 5.44. The monoisotopic (exact) mass is 484 g/mol. The Morgan fingerprint density at radius 2 is 1.93 bits per heavy atom. The van der Waals surface area contributed by atoms with Crippen LogP contribution in [0.15, 0.2) is 53.1 Å². The Labute approximate surface area is 188 Å². The zero-order valence-corrected chi connectivity index (χ0v) is 19.6. The number of halogens is 1. The van der Waals surface area contributed by atoms with E-state index in [1.807, 2.05) is 30.3 Å². The summed E-state index contributed by atoms with van der Waals surface area (Å²) in [5.41, 5.74) is 3.81. The van der Waals surface area contributed by atoms with Crippen molar-refractivity contribution in [1.29, 1.82) is 0 Å². The summed E-state index contributed by atoms with van der Waals surface area (Å²) >= 11 is 5.08. The fourth-order valence-electron chi connectivity index (χ4n) is 3.55. The molecular formula is C23H25BrN4OS. The molecule has 2 heterocycles. The molecule has 0 atom stereocenters. The number of rotatable bonds is 8. The van der Waals surface area contributed by atoms with Crippen LogP contribution >= 0.6 is 27.3 Å². The first-order valence-electron chi connectivity index (χ1n) is 10.3. The number of fused-ring (bicyclic) bond motifs is 3. The molecule has 0 unspecified atom stereocenters. The summed E-state index contributed by atoms with van der Waals surface area (Å²) in [4.78, 5) is 20.6. The number of imidazole rings is 1. The Kier molecular flexibility index (Phi) is 6.51. The Morgan fingerprint density at radius 1 is 1.17 bits per heavy atom. The second kappa shape index (κ2) is 9.29. The second-order valence-corrected chi connectivity index (χ2v) is 9.13. The zero-order chi connectivity index (χ0) is 21.1. The first-order valence-corrected chi connectivity index (χ1v) is 11.9. The Hall–Kier alpha value is -2.22. The molecule has 156 valence electrons. The van der Waals surface area contributed by atoms with Gasteiger partial charge in [-0.2, -0.15) is 0 Å². The maximum absolute atomic E-state index is 12.5. The number of aromatic nitrogens is 2. The Balaban J connectivity index is 1.48. The summed E-state index contributed by atoms with van der Waals surface area (Å²) in [6.45, 7) is 8.12. The Bertz CT molecular complexity index is 1160. The van der Waals surface area contributed by atoms with Crippen molar-refractivity contribution in [3.63, 3.8) is 0 Å². The highest BCUT2D eigenvalue weighted by Crippen LogP contribution is 2.30. The van der Waals surface area contributed by atoms with Gasteiger partial charge in [0.15, 0.2) is 4.96 Å². The van der Waals surface area contributed by atoms with Gasteiger partial charge in [-0.3, -0.25) is 9.20 Å². The molecule has 1 N–H and O–H groups in total. The highest BCUT2D eigenvalue weighted by molar-refractivity contribution is 9.10. The number of carbonyl (C=O) groups is 1. The lowest BCUT2D eigenvalue weighted by atomic mass is 10.2. The molecule has 4 aromatic rings. The smallest absolute Gasteiger partial charge is 0.251 e. The van der Waals surface area contributed by atoms with E-state index in [0.717, 1.165) is 57.0 Å². The minimum Gasteiger partial charge on any atom is -0.352 e. The third-order valence-corrected chi connectivity index (χ3v) is 6.87. The summed E-state index contributed by atoms with van der Waals surface area (Å²) in [7, 11) is 0. The highest BCUT2D eigenvalue weighted by atomic mass is 79.9. The molecule has 2 aromatic carbocycles. The molecule has 0 spiro atoms. The van der Waals surface area contributed by atoms with Gasteiger partial charge in [0.25, 0.3) is 5.91 Å². The van der Waals surface area contributed by atoms with Gasteiger partial charge in [0.1, 0.15) is 0 Å². The standard InChI is InChI=1S/C23H25BrN4OS/c1-3-27(4-2)13-5-12-25-22(29)17-8-11-20-21(14-17)30-23-26-19(15-28(20)23)16-6-9-18(24)10-7-16/h6-11,14-15H,3-5,12-13H2,1-2H3,(H,25,29). The van der Waals surface area contributed by atoms with Crippen LogP contribution in [0.4, 0.5) is 0 Å². The van der Waals surface area contributed by atoms with E-state index >= 15 is 0 Å². The minimum atomic E-state index is -0.0157. The van der Waals surface area contributed by atoms with Crippen LogP contribution < -0.4 is 5.32 Å². The largest absolute Gasteiger partial charge is 0.352 e. The van der Waals surface area contributed by atoms with Crippen molar-refractivity contribution in [2.24, 2.45) is 0 Å². The van der Waals surface area contributed by atoms with E-state index in [0.29, 0.717) is 12.1 Å². The van der Waals surface area contributed by atoms with Crippen LogP contribution in [-0.4, -0.2) is 46.4 Å². The van der Waals surface area contributed by atoms with Crippen molar-refractivity contribution in [1.82, 2.24) is 19.6 Å². The van der Waals surface area contributed by atoms with E-state index in [4.69, 9.17) is 4.98 Å². The maximum atomic E-state index is 12.5. The molecule has 30 heavy (non-hydrogen) atoms. The molecule has 0 fully saturated rings. The average molecular weight is 485 g/mol. The van der Waals surface area contributed by atoms with Crippen molar-refractivity contribution in [3.8, 4) is 11.3 Å². The molecule has 7 heteroatoms. The lowest BCUT2D eigenvalue weighted by molar-refractivity contribution is 0.0952. The molecule has 0 aliphatic carbocycles. The van der Waals surface area contributed by atoms with Crippen molar-refractivity contribution in [3.05, 3.63) is 58.7 Å². The van der Waals surface area contributed by atoms with Gasteiger partial charge >= 0.3 is 0 Å². The van der Waals surface area contributed by atoms with Crippen molar-refractivity contribution in [2.75, 3.05) is 26.2 Å². The first kappa shape index (κ1) is 21.0. The zero-order valence-electron chi connectivity index (χ0n) is 17.2. The molecule has 2 aromatic heterocycles. The molecule has 5 nitrogen and oxygen atoms in total. The molecule has 0 radical (unpaired) electrons. The summed E-state index contributed by atoms with van der Waals surface area (Å²) in [5.74, 6) is -0.0157. The average Bonchev–Trinajstić information content (AvgIpc) is 3.31. The van der Waals surface area contributed by atoms with Crippen LogP contribution in [0.1, 0.15) is 30.6 Å². The van der Waals surface area contributed by atoms with Gasteiger partial charge < -0.3 is 10.2 Å². The van der Waals surface area contributed by atoms with Crippen LogP contribution in [0.2, 0.25) is 0 Å². The first-order chi connectivity index (χ1) is 14.6. The predicted molar refractivity (Wildman–Crippen MR) is 128 cm³/mol. The summed E-state index contributed by atoms with van der Waals surface area (Å²) in [5, 5.41) is 3.04.